The fourth-order valence-corrected chi connectivity index (χ4v) is 2.60. The number of nitrogens with two attached hydrogens (primary N) is 1. The molecule has 0 unspecified atom stereocenters. The Balaban J connectivity index is 1.96. The largest absolute Gasteiger partial charge is 0.355 e. The fourth-order valence-electron chi connectivity index (χ4n) is 2.60. The van der Waals surface area contributed by atoms with Crippen LogP contribution in [0.4, 0.5) is 5.82 Å². The van der Waals surface area contributed by atoms with Crippen molar-refractivity contribution in [1.29, 1.82) is 0 Å². The molecule has 2 N–H and O–H groups in total. The predicted molar refractivity (Wildman–Crippen MR) is 74.3 cm³/mol. The topological polar surface area (TPSA) is 55.0 Å². The molecule has 4 nitrogen and oxygen atoms in total. The van der Waals surface area contributed by atoms with Crippen LogP contribution in [0.5, 0.6) is 0 Å². The first-order chi connectivity index (χ1) is 8.50. The van der Waals surface area contributed by atoms with Gasteiger partial charge in [0.15, 0.2) is 5.82 Å². The third-order valence-electron chi connectivity index (χ3n) is 3.96. The Kier molecular flexibility index (Phi) is 3.85. The molecule has 100 valence electrons. The molecule has 0 bridgehead atoms. The van der Waals surface area contributed by atoms with E-state index in [0.29, 0.717) is 12.0 Å². The van der Waals surface area contributed by atoms with Crippen LogP contribution in [0.25, 0.3) is 0 Å². The van der Waals surface area contributed by atoms with Gasteiger partial charge < -0.3 is 10.6 Å². The Labute approximate surface area is 110 Å². The maximum atomic E-state index is 5.53. The molecule has 1 fully saturated rings. The lowest BCUT2D eigenvalue weighted by Crippen LogP contribution is -2.38. The SMILES string of the molecule is CC(C)(C)C1CCN(c2ccc(CN)nn2)CC1. The van der Waals surface area contributed by atoms with E-state index in [4.69, 9.17) is 5.73 Å². The van der Waals surface area contributed by atoms with Gasteiger partial charge in [0.05, 0.1) is 5.69 Å². The van der Waals surface area contributed by atoms with E-state index in [9.17, 15) is 0 Å². The number of rotatable bonds is 2. The second kappa shape index (κ2) is 5.22. The van der Waals surface area contributed by atoms with Crippen LogP contribution in [0.2, 0.25) is 0 Å². The summed E-state index contributed by atoms with van der Waals surface area (Å²) in [5.41, 5.74) is 6.80. The lowest BCUT2D eigenvalue weighted by molar-refractivity contribution is 0.198. The molecule has 2 heterocycles. The Morgan fingerprint density at radius 1 is 1.22 bits per heavy atom. The molecule has 0 saturated carbocycles. The van der Waals surface area contributed by atoms with Crippen molar-refractivity contribution in [3.8, 4) is 0 Å². The fraction of sp³-hybridized carbons (Fsp3) is 0.714. The summed E-state index contributed by atoms with van der Waals surface area (Å²) in [6.45, 7) is 9.63. The van der Waals surface area contributed by atoms with E-state index >= 15 is 0 Å². The minimum Gasteiger partial charge on any atom is -0.355 e. The van der Waals surface area contributed by atoms with Crippen molar-refractivity contribution in [2.75, 3.05) is 18.0 Å². The molecule has 4 heteroatoms. The number of piperidine rings is 1. The van der Waals surface area contributed by atoms with E-state index in [-0.39, 0.29) is 0 Å². The number of aromatic nitrogens is 2. The van der Waals surface area contributed by atoms with Gasteiger partial charge in [0.2, 0.25) is 0 Å². The lowest BCUT2D eigenvalue weighted by Gasteiger charge is -2.39. The molecule has 2 rings (SSSR count). The van der Waals surface area contributed by atoms with Crippen molar-refractivity contribution in [1.82, 2.24) is 10.2 Å². The molecule has 0 aromatic carbocycles. The minimum absolute atomic E-state index is 0.418. The summed E-state index contributed by atoms with van der Waals surface area (Å²) < 4.78 is 0. The molecule has 0 aliphatic carbocycles. The summed E-state index contributed by atoms with van der Waals surface area (Å²) in [6.07, 6.45) is 2.48. The van der Waals surface area contributed by atoms with Gasteiger partial charge in [0.1, 0.15) is 0 Å². The van der Waals surface area contributed by atoms with E-state index < -0.39 is 0 Å². The zero-order valence-electron chi connectivity index (χ0n) is 11.7. The summed E-state index contributed by atoms with van der Waals surface area (Å²) in [5.74, 6) is 1.80. The van der Waals surface area contributed by atoms with Gasteiger partial charge in [0.25, 0.3) is 0 Å². The van der Waals surface area contributed by atoms with Gasteiger partial charge in [0, 0.05) is 19.6 Å². The van der Waals surface area contributed by atoms with E-state index in [2.05, 4.69) is 35.9 Å². The van der Waals surface area contributed by atoms with Crippen molar-refractivity contribution < 1.29 is 0 Å². The molecule has 1 aliphatic heterocycles. The van der Waals surface area contributed by atoms with Crippen LogP contribution in [0.15, 0.2) is 12.1 Å². The van der Waals surface area contributed by atoms with Crippen molar-refractivity contribution in [2.45, 2.75) is 40.2 Å². The Morgan fingerprint density at radius 2 is 1.89 bits per heavy atom. The Hall–Kier alpha value is -1.16. The van der Waals surface area contributed by atoms with Gasteiger partial charge in [-0.05, 0) is 36.3 Å². The van der Waals surface area contributed by atoms with E-state index in [1.807, 2.05) is 12.1 Å². The molecule has 0 spiro atoms. The van der Waals surface area contributed by atoms with E-state index in [1.54, 1.807) is 0 Å². The summed E-state index contributed by atoms with van der Waals surface area (Å²) in [5, 5.41) is 8.38. The normalized spacial score (nSPS) is 18.1. The van der Waals surface area contributed by atoms with Gasteiger partial charge in [-0.2, -0.15) is 5.10 Å². The van der Waals surface area contributed by atoms with Gasteiger partial charge in [-0.1, -0.05) is 20.8 Å². The summed E-state index contributed by atoms with van der Waals surface area (Å²) in [4.78, 5) is 2.33. The number of hydrogen-bond donors (Lipinski definition) is 1. The molecule has 1 saturated heterocycles. The second-order valence-electron chi connectivity index (χ2n) is 6.21. The quantitative estimate of drug-likeness (QED) is 0.871. The number of nitrogens with zero attached hydrogens (tertiary/aromatic N) is 3. The molecule has 1 aromatic rings. The summed E-state index contributed by atoms with van der Waals surface area (Å²) >= 11 is 0. The highest BCUT2D eigenvalue weighted by Gasteiger charge is 2.29. The second-order valence-corrected chi connectivity index (χ2v) is 6.21. The van der Waals surface area contributed by atoms with E-state index in [0.717, 1.165) is 30.5 Å². The first-order valence-corrected chi connectivity index (χ1v) is 6.78. The van der Waals surface area contributed by atoms with Gasteiger partial charge in [-0.15, -0.1) is 5.10 Å². The lowest BCUT2D eigenvalue weighted by atomic mass is 9.75. The van der Waals surface area contributed by atoms with Crippen molar-refractivity contribution in [3.63, 3.8) is 0 Å². The van der Waals surface area contributed by atoms with Crippen LogP contribution in [0.1, 0.15) is 39.3 Å². The van der Waals surface area contributed by atoms with Crippen LogP contribution in [0.3, 0.4) is 0 Å². The highest BCUT2D eigenvalue weighted by molar-refractivity contribution is 5.37. The van der Waals surface area contributed by atoms with Gasteiger partial charge in [-0.3, -0.25) is 0 Å². The van der Waals surface area contributed by atoms with E-state index in [1.165, 1.54) is 12.8 Å². The maximum absolute atomic E-state index is 5.53. The maximum Gasteiger partial charge on any atom is 0.151 e. The van der Waals surface area contributed by atoms with Crippen LogP contribution in [-0.4, -0.2) is 23.3 Å². The zero-order chi connectivity index (χ0) is 13.2. The summed E-state index contributed by atoms with van der Waals surface area (Å²) in [7, 11) is 0. The molecule has 1 aromatic heterocycles. The Morgan fingerprint density at radius 3 is 2.33 bits per heavy atom. The summed E-state index contributed by atoms with van der Waals surface area (Å²) in [6, 6.07) is 4.00. The van der Waals surface area contributed by atoms with Gasteiger partial charge >= 0.3 is 0 Å². The minimum atomic E-state index is 0.418. The Bertz CT molecular complexity index is 372. The van der Waals surface area contributed by atoms with Crippen LogP contribution in [-0.2, 0) is 6.54 Å². The van der Waals surface area contributed by atoms with Crippen LogP contribution >= 0.6 is 0 Å². The molecule has 0 radical (unpaired) electrons. The molecular weight excluding hydrogens is 224 g/mol. The zero-order valence-corrected chi connectivity index (χ0v) is 11.7. The number of hydrogen-bond acceptors (Lipinski definition) is 4. The van der Waals surface area contributed by atoms with Crippen molar-refractivity contribution >= 4 is 5.82 Å². The monoisotopic (exact) mass is 248 g/mol. The smallest absolute Gasteiger partial charge is 0.151 e. The first-order valence-electron chi connectivity index (χ1n) is 6.78. The molecule has 0 amide bonds. The molecule has 0 atom stereocenters. The van der Waals surface area contributed by atoms with Crippen molar-refractivity contribution in [2.24, 2.45) is 17.1 Å². The first kappa shape index (κ1) is 13.3. The molecule has 18 heavy (non-hydrogen) atoms. The predicted octanol–water partition coefficient (Wildman–Crippen LogP) is 2.20. The van der Waals surface area contributed by atoms with Crippen LogP contribution < -0.4 is 10.6 Å². The molecular formula is C14H24N4. The average Bonchev–Trinajstić information content (AvgIpc) is 2.38. The van der Waals surface area contributed by atoms with Crippen molar-refractivity contribution in [3.05, 3.63) is 17.8 Å². The highest BCUT2D eigenvalue weighted by atomic mass is 15.3. The highest BCUT2D eigenvalue weighted by Crippen LogP contribution is 2.35. The average molecular weight is 248 g/mol. The standard InChI is InChI=1S/C14H24N4/c1-14(2,3)11-6-8-18(9-7-11)13-5-4-12(10-15)16-17-13/h4-5,11H,6-10,15H2,1-3H3. The van der Waals surface area contributed by atoms with Crippen LogP contribution in [0, 0.1) is 11.3 Å². The third-order valence-corrected chi connectivity index (χ3v) is 3.96. The third kappa shape index (κ3) is 2.99. The number of anilines is 1. The molecule has 1 aliphatic rings. The van der Waals surface area contributed by atoms with Gasteiger partial charge in [-0.25, -0.2) is 0 Å².